The van der Waals surface area contributed by atoms with Gasteiger partial charge in [0.25, 0.3) is 0 Å². The molecule has 0 bridgehead atoms. The highest BCUT2D eigenvalue weighted by Crippen LogP contribution is 2.15. The molecule has 0 aliphatic rings. The fraction of sp³-hybridized carbons (Fsp3) is 0.231. The normalized spacial score (nSPS) is 10.8. The van der Waals surface area contributed by atoms with Gasteiger partial charge < -0.3 is 9.42 Å². The lowest BCUT2D eigenvalue weighted by Gasteiger charge is -2.22. The van der Waals surface area contributed by atoms with Crippen molar-refractivity contribution >= 4 is 5.91 Å². The van der Waals surface area contributed by atoms with Crippen molar-refractivity contribution in [3.8, 4) is 11.4 Å². The van der Waals surface area contributed by atoms with E-state index >= 15 is 0 Å². The smallest absolute Gasteiger partial charge is 0.228 e. The molecule has 0 spiro atoms. The third-order valence-electron chi connectivity index (χ3n) is 5.34. The summed E-state index contributed by atoms with van der Waals surface area (Å²) in [5.41, 5.74) is 3.24. The third-order valence-corrected chi connectivity index (χ3v) is 5.34. The molecule has 162 valence electrons. The Morgan fingerprint density at radius 3 is 2.09 bits per heavy atom. The van der Waals surface area contributed by atoms with Gasteiger partial charge in [0.1, 0.15) is 0 Å². The summed E-state index contributed by atoms with van der Waals surface area (Å²) in [5, 5.41) is 4.06. The van der Waals surface area contributed by atoms with Crippen LogP contribution in [0.2, 0.25) is 0 Å². The Balaban J connectivity index is 1.38. The monoisotopic (exact) mass is 426 g/mol. The van der Waals surface area contributed by atoms with Crippen LogP contribution in [0, 0.1) is 0 Å². The Bertz CT molecular complexity index is 1100. The number of benzene rings is 2. The first-order chi connectivity index (χ1) is 15.8. The van der Waals surface area contributed by atoms with Crippen LogP contribution in [0.1, 0.15) is 23.4 Å². The van der Waals surface area contributed by atoms with E-state index in [9.17, 15) is 4.79 Å². The lowest BCUT2D eigenvalue weighted by atomic mass is 10.1. The molecule has 0 N–H and O–H groups in total. The molecule has 0 saturated heterocycles. The van der Waals surface area contributed by atoms with Crippen molar-refractivity contribution in [3.05, 3.63) is 102 Å². The predicted molar refractivity (Wildman–Crippen MR) is 123 cm³/mol. The molecule has 0 aliphatic heterocycles. The van der Waals surface area contributed by atoms with Crippen LogP contribution in [-0.4, -0.2) is 39.0 Å². The standard InChI is InChI=1S/C26H26N4O2/c31-25(12-11-21-7-3-1-4-8-21)30(19-15-22-9-5-2-6-10-22)20-16-24-28-26(29-32-24)23-13-17-27-18-14-23/h1-10,13-14,17-18H,11-12,15-16,19-20H2. The van der Waals surface area contributed by atoms with Crippen molar-refractivity contribution in [2.24, 2.45) is 0 Å². The Hall–Kier alpha value is -3.80. The molecule has 0 atom stereocenters. The number of pyridine rings is 1. The molecule has 2 aromatic heterocycles. The summed E-state index contributed by atoms with van der Waals surface area (Å²) >= 11 is 0. The molecule has 0 fully saturated rings. The molecule has 4 aromatic rings. The molecule has 2 heterocycles. The Morgan fingerprint density at radius 1 is 0.781 bits per heavy atom. The van der Waals surface area contributed by atoms with Crippen molar-refractivity contribution in [1.82, 2.24) is 20.0 Å². The van der Waals surface area contributed by atoms with Gasteiger partial charge in [-0.3, -0.25) is 9.78 Å². The number of amides is 1. The highest BCUT2D eigenvalue weighted by molar-refractivity contribution is 5.76. The van der Waals surface area contributed by atoms with E-state index in [1.807, 2.05) is 53.4 Å². The van der Waals surface area contributed by atoms with Crippen LogP contribution in [-0.2, 0) is 24.1 Å². The molecule has 6 nitrogen and oxygen atoms in total. The number of aromatic nitrogens is 3. The highest BCUT2D eigenvalue weighted by Gasteiger charge is 2.16. The van der Waals surface area contributed by atoms with Crippen molar-refractivity contribution in [2.45, 2.75) is 25.7 Å². The average molecular weight is 427 g/mol. The van der Waals surface area contributed by atoms with Gasteiger partial charge in [0.2, 0.25) is 17.6 Å². The van der Waals surface area contributed by atoms with Gasteiger partial charge >= 0.3 is 0 Å². The quantitative estimate of drug-likeness (QED) is 0.376. The molecule has 32 heavy (non-hydrogen) atoms. The zero-order valence-electron chi connectivity index (χ0n) is 17.9. The van der Waals surface area contributed by atoms with Gasteiger partial charge in [0, 0.05) is 43.9 Å². The lowest BCUT2D eigenvalue weighted by Crippen LogP contribution is -2.35. The SMILES string of the molecule is O=C(CCc1ccccc1)N(CCc1ccccc1)CCc1nc(-c2ccncc2)no1. The minimum absolute atomic E-state index is 0.138. The van der Waals surface area contributed by atoms with Crippen molar-refractivity contribution in [1.29, 1.82) is 0 Å². The van der Waals surface area contributed by atoms with Gasteiger partial charge in [-0.25, -0.2) is 0 Å². The van der Waals surface area contributed by atoms with Crippen LogP contribution in [0.5, 0.6) is 0 Å². The van der Waals surface area contributed by atoms with Gasteiger partial charge in [-0.15, -0.1) is 0 Å². The molecule has 2 aromatic carbocycles. The van der Waals surface area contributed by atoms with E-state index in [0.717, 1.165) is 18.4 Å². The molecule has 6 heteroatoms. The van der Waals surface area contributed by atoms with Gasteiger partial charge in [-0.2, -0.15) is 4.98 Å². The predicted octanol–water partition coefficient (Wildman–Crippen LogP) is 4.38. The van der Waals surface area contributed by atoms with Crippen molar-refractivity contribution in [3.63, 3.8) is 0 Å². The molecule has 0 unspecified atom stereocenters. The minimum atomic E-state index is 0.138. The fourth-order valence-electron chi connectivity index (χ4n) is 3.53. The molecular weight excluding hydrogens is 400 g/mol. The Kier molecular flexibility index (Phi) is 7.37. The second kappa shape index (κ2) is 11.0. The van der Waals surface area contributed by atoms with Crippen LogP contribution in [0.15, 0.2) is 89.7 Å². The summed E-state index contributed by atoms with van der Waals surface area (Å²) in [4.78, 5) is 23.4. The van der Waals surface area contributed by atoms with Crippen molar-refractivity contribution < 1.29 is 9.32 Å². The molecular formula is C26H26N4O2. The first-order valence-electron chi connectivity index (χ1n) is 10.9. The van der Waals surface area contributed by atoms with Gasteiger partial charge in [-0.05, 0) is 36.1 Å². The summed E-state index contributed by atoms with van der Waals surface area (Å²) in [5.74, 6) is 1.20. The Morgan fingerprint density at radius 2 is 1.41 bits per heavy atom. The summed E-state index contributed by atoms with van der Waals surface area (Å²) in [6, 6.07) is 24.0. The van der Waals surface area contributed by atoms with Crippen LogP contribution in [0.4, 0.5) is 0 Å². The summed E-state index contributed by atoms with van der Waals surface area (Å²) in [6.45, 7) is 1.20. The van der Waals surface area contributed by atoms with E-state index in [1.54, 1.807) is 12.4 Å². The fourth-order valence-corrected chi connectivity index (χ4v) is 3.53. The van der Waals surface area contributed by atoms with E-state index in [0.29, 0.717) is 37.6 Å². The van der Waals surface area contributed by atoms with Crippen LogP contribution >= 0.6 is 0 Å². The number of aryl methyl sites for hydroxylation is 1. The molecule has 1 amide bonds. The van der Waals surface area contributed by atoms with Crippen molar-refractivity contribution in [2.75, 3.05) is 13.1 Å². The highest BCUT2D eigenvalue weighted by atomic mass is 16.5. The zero-order chi connectivity index (χ0) is 22.0. The topological polar surface area (TPSA) is 72.1 Å². The minimum Gasteiger partial charge on any atom is -0.342 e. The van der Waals surface area contributed by atoms with Gasteiger partial charge in [-0.1, -0.05) is 65.8 Å². The number of carbonyl (C=O) groups excluding carboxylic acids is 1. The maximum absolute atomic E-state index is 13.0. The van der Waals surface area contributed by atoms with Gasteiger partial charge in [0.05, 0.1) is 0 Å². The molecule has 0 aliphatic carbocycles. The number of carbonyl (C=O) groups is 1. The second-order valence-corrected chi connectivity index (χ2v) is 7.60. The first-order valence-corrected chi connectivity index (χ1v) is 10.9. The van der Waals surface area contributed by atoms with Crippen LogP contribution < -0.4 is 0 Å². The summed E-state index contributed by atoms with van der Waals surface area (Å²) in [6.07, 6.45) is 5.93. The summed E-state index contributed by atoms with van der Waals surface area (Å²) < 4.78 is 5.42. The van der Waals surface area contributed by atoms with E-state index < -0.39 is 0 Å². The number of hydrogen-bond donors (Lipinski definition) is 0. The molecule has 0 saturated carbocycles. The molecule has 4 rings (SSSR count). The first kappa shape index (κ1) is 21.4. The van der Waals surface area contributed by atoms with E-state index in [1.165, 1.54) is 11.1 Å². The largest absolute Gasteiger partial charge is 0.342 e. The lowest BCUT2D eigenvalue weighted by molar-refractivity contribution is -0.131. The number of nitrogens with zero attached hydrogens (tertiary/aromatic N) is 4. The van der Waals surface area contributed by atoms with Crippen LogP contribution in [0.25, 0.3) is 11.4 Å². The van der Waals surface area contributed by atoms with Crippen LogP contribution in [0.3, 0.4) is 0 Å². The third kappa shape index (κ3) is 6.11. The van der Waals surface area contributed by atoms with E-state index in [4.69, 9.17) is 4.52 Å². The molecule has 0 radical (unpaired) electrons. The number of hydrogen-bond acceptors (Lipinski definition) is 5. The van der Waals surface area contributed by atoms with E-state index in [2.05, 4.69) is 39.4 Å². The van der Waals surface area contributed by atoms with Gasteiger partial charge in [0.15, 0.2) is 0 Å². The summed E-state index contributed by atoms with van der Waals surface area (Å²) in [7, 11) is 0. The average Bonchev–Trinajstić information content (AvgIpc) is 3.33. The van der Waals surface area contributed by atoms with E-state index in [-0.39, 0.29) is 5.91 Å². The maximum atomic E-state index is 13.0. The number of rotatable bonds is 10. The zero-order valence-corrected chi connectivity index (χ0v) is 17.9. The second-order valence-electron chi connectivity index (χ2n) is 7.60. The Labute approximate surface area is 187 Å². The maximum Gasteiger partial charge on any atom is 0.228 e.